The third-order valence-corrected chi connectivity index (χ3v) is 11.3. The van der Waals surface area contributed by atoms with Crippen molar-refractivity contribution in [1.82, 2.24) is 16.0 Å². The number of methoxy groups -OCH3 is 1. The van der Waals surface area contributed by atoms with Gasteiger partial charge in [-0.3, -0.25) is 19.2 Å². The first-order valence-electron chi connectivity index (χ1n) is 23.1. The monoisotopic (exact) mass is 989 g/mol. The average molecular weight is 991 g/mol. The van der Waals surface area contributed by atoms with E-state index in [4.69, 9.17) is 59.3 Å². The number of benzene rings is 2. The lowest BCUT2D eigenvalue weighted by atomic mass is 9.92. The maximum absolute atomic E-state index is 13.8. The summed E-state index contributed by atoms with van der Waals surface area (Å²) in [6, 6.07) is 11.4. The summed E-state index contributed by atoms with van der Waals surface area (Å²) >= 11 is 6.36. The number of ether oxygens (including phenoxy) is 9. The van der Waals surface area contributed by atoms with Crippen LogP contribution in [0.2, 0.25) is 5.02 Å². The topological polar surface area (TPSA) is 245 Å². The van der Waals surface area contributed by atoms with Crippen molar-refractivity contribution in [2.45, 2.75) is 97.4 Å². The number of amides is 3. The second-order valence-corrected chi connectivity index (χ2v) is 18.1. The van der Waals surface area contributed by atoms with Crippen molar-refractivity contribution in [3.05, 3.63) is 76.3 Å². The molecule has 4 N–H and O–H groups in total. The molecular weight excluding hydrogens is 922 g/mol. The number of hydrogen-bond donors (Lipinski definition) is 4. The zero-order valence-corrected chi connectivity index (χ0v) is 41.0. The van der Waals surface area contributed by atoms with Crippen LogP contribution in [-0.4, -0.2) is 138 Å². The largest absolute Gasteiger partial charge is 0.495 e. The quantitative estimate of drug-likeness (QED) is 0.0448. The first-order valence-corrected chi connectivity index (χ1v) is 23.5. The minimum Gasteiger partial charge on any atom is -0.495 e. The highest BCUT2D eigenvalue weighted by Crippen LogP contribution is 2.45. The molecule has 0 aliphatic carbocycles. The highest BCUT2D eigenvalue weighted by Gasteiger charge is 2.48. The molecule has 0 unspecified atom stereocenters. The van der Waals surface area contributed by atoms with Crippen LogP contribution in [0.3, 0.4) is 0 Å². The van der Waals surface area contributed by atoms with Crippen molar-refractivity contribution in [3.63, 3.8) is 0 Å². The molecule has 0 spiro atoms. The van der Waals surface area contributed by atoms with Crippen LogP contribution in [0.1, 0.15) is 76.7 Å². The van der Waals surface area contributed by atoms with Crippen molar-refractivity contribution in [2.24, 2.45) is 17.3 Å². The molecule has 1 saturated heterocycles. The maximum atomic E-state index is 13.8. The molecule has 4 rings (SSSR count). The Hall–Kier alpha value is -5.31. The number of halogens is 1. The van der Waals surface area contributed by atoms with E-state index >= 15 is 0 Å². The van der Waals surface area contributed by atoms with Crippen molar-refractivity contribution in [3.8, 4) is 5.75 Å². The number of hydrogen-bond acceptors (Lipinski definition) is 15. The van der Waals surface area contributed by atoms with E-state index in [9.17, 15) is 28.8 Å². The Balaban J connectivity index is 1.29. The third-order valence-electron chi connectivity index (χ3n) is 11.0. The van der Waals surface area contributed by atoms with Crippen LogP contribution < -0.4 is 20.7 Å². The highest BCUT2D eigenvalue weighted by molar-refractivity contribution is 6.32. The fourth-order valence-electron chi connectivity index (χ4n) is 6.97. The Labute approximate surface area is 408 Å². The number of epoxide rings is 1. The average Bonchev–Trinajstić information content (AvgIpc) is 4.11. The fourth-order valence-corrected chi connectivity index (χ4v) is 7.25. The van der Waals surface area contributed by atoms with Gasteiger partial charge in [-0.1, -0.05) is 68.8 Å². The lowest BCUT2D eigenvalue weighted by Crippen LogP contribution is -2.51. The van der Waals surface area contributed by atoms with Crippen LogP contribution in [0.5, 0.6) is 5.75 Å². The van der Waals surface area contributed by atoms with Crippen LogP contribution in [0, 0.1) is 17.3 Å². The first-order chi connectivity index (χ1) is 33.0. The Morgan fingerprint density at radius 2 is 1.52 bits per heavy atom. The Bertz CT molecular complexity index is 2010. The number of cyclic esters (lactones) is 2. The van der Waals surface area contributed by atoms with E-state index in [2.05, 4.69) is 16.0 Å². The van der Waals surface area contributed by atoms with Gasteiger partial charge in [-0.2, -0.15) is 0 Å². The Morgan fingerprint density at radius 1 is 0.884 bits per heavy atom. The van der Waals surface area contributed by atoms with Crippen molar-refractivity contribution >= 4 is 47.4 Å². The molecule has 2 heterocycles. The predicted molar refractivity (Wildman–Crippen MR) is 250 cm³/mol. The molecule has 0 bridgehead atoms. The Morgan fingerprint density at radius 3 is 2.14 bits per heavy atom. The lowest BCUT2D eigenvalue weighted by Gasteiger charge is -2.29. The third kappa shape index (κ3) is 20.3. The van der Waals surface area contributed by atoms with Gasteiger partial charge in [0.1, 0.15) is 30.6 Å². The molecule has 20 heteroatoms. The maximum Gasteiger partial charge on any atom is 0.407 e. The number of carboxylic acids is 1. The summed E-state index contributed by atoms with van der Waals surface area (Å²) in [5.74, 6) is -3.39. The van der Waals surface area contributed by atoms with Crippen LogP contribution in [0.25, 0.3) is 0 Å². The van der Waals surface area contributed by atoms with E-state index in [1.165, 1.54) is 13.2 Å². The van der Waals surface area contributed by atoms with Gasteiger partial charge < -0.3 is 63.7 Å². The SMILES string of the molecule is COc1ccc(C[C@H]2NC(=O)/C=C/C[C@@H]([C@H](C)[C@H]3O[C@H]3c3ccc(COC(=O)NCCOCCOCCOCCOCCC(=O)O)cc3)OC(=O)[C@H](CC(C)C)OC(=O)C(C)(C)CNC2=O)cc1Cl. The molecule has 2 aromatic carbocycles. The smallest absolute Gasteiger partial charge is 0.407 e. The standard InChI is InChI=1S/C49H68ClN3O16/c1-31(2)26-40-46(58)67-38(8-7-9-41(54)53-37(28-34-12-15-39(61-6)36(50)27-34)45(57)52-30-49(4,5)47(59)68-40)32(3)43-44(69-43)35-13-10-33(11-14-35)29-66-48(60)51-17-19-63-21-23-65-25-24-64-22-20-62-18-16-42(55)56/h7,9-15,27,31-32,37-38,40,43-44H,8,16-26,28-30H2,1-6H3,(H,51,60)(H,52,57)(H,53,54)(H,55,56)/b9-7+/t32-,37+,38-,40-,43+,44-/m0/s1. The van der Waals surface area contributed by atoms with E-state index < -0.39 is 59.5 Å². The highest BCUT2D eigenvalue weighted by atomic mass is 35.5. The number of esters is 2. The van der Waals surface area contributed by atoms with Gasteiger partial charge in [-0.15, -0.1) is 0 Å². The van der Waals surface area contributed by atoms with Gasteiger partial charge in [0, 0.05) is 31.8 Å². The molecule has 69 heavy (non-hydrogen) atoms. The van der Waals surface area contributed by atoms with Gasteiger partial charge in [0.15, 0.2) is 6.10 Å². The minimum absolute atomic E-state index is 0.0290. The van der Waals surface area contributed by atoms with Gasteiger partial charge in [0.2, 0.25) is 11.8 Å². The van der Waals surface area contributed by atoms with E-state index in [0.29, 0.717) is 56.0 Å². The second kappa shape index (κ2) is 29.0. The number of alkyl carbamates (subject to hydrolysis) is 1. The summed E-state index contributed by atoms with van der Waals surface area (Å²) in [7, 11) is 1.49. The summed E-state index contributed by atoms with van der Waals surface area (Å²) < 4.78 is 50.0. The fraction of sp³-hybridized carbons (Fsp3) is 0.592. The number of carbonyl (C=O) groups excluding carboxylic acids is 5. The van der Waals surface area contributed by atoms with Gasteiger partial charge in [-0.25, -0.2) is 9.59 Å². The van der Waals surface area contributed by atoms with Gasteiger partial charge in [-0.05, 0) is 61.1 Å². The van der Waals surface area contributed by atoms with E-state index in [1.54, 1.807) is 38.1 Å². The second-order valence-electron chi connectivity index (χ2n) is 17.7. The van der Waals surface area contributed by atoms with Crippen molar-refractivity contribution in [1.29, 1.82) is 0 Å². The van der Waals surface area contributed by atoms with Gasteiger partial charge in [0.25, 0.3) is 0 Å². The summed E-state index contributed by atoms with van der Waals surface area (Å²) in [5, 5.41) is 17.1. The molecule has 2 aliphatic rings. The predicted octanol–water partition coefficient (Wildman–Crippen LogP) is 4.89. The van der Waals surface area contributed by atoms with E-state index in [1.807, 2.05) is 45.0 Å². The zero-order chi connectivity index (χ0) is 50.3. The molecule has 0 radical (unpaired) electrons. The van der Waals surface area contributed by atoms with Gasteiger partial charge in [0.05, 0.1) is 82.9 Å². The molecule has 3 amide bonds. The molecule has 2 aliphatic heterocycles. The van der Waals surface area contributed by atoms with Crippen molar-refractivity contribution < 1.29 is 76.5 Å². The van der Waals surface area contributed by atoms with E-state index in [-0.39, 0.29) is 82.6 Å². The van der Waals surface area contributed by atoms with Crippen molar-refractivity contribution in [2.75, 3.05) is 73.1 Å². The molecular formula is C49H68ClN3O16. The van der Waals surface area contributed by atoms with Crippen LogP contribution >= 0.6 is 11.6 Å². The lowest BCUT2D eigenvalue weighted by molar-refractivity contribution is -0.179. The van der Waals surface area contributed by atoms with Gasteiger partial charge >= 0.3 is 24.0 Å². The van der Waals surface area contributed by atoms with Crippen LogP contribution in [0.15, 0.2) is 54.6 Å². The number of carbonyl (C=O) groups is 6. The normalized spacial score (nSPS) is 21.8. The summed E-state index contributed by atoms with van der Waals surface area (Å²) in [5.41, 5.74) is 1.02. The molecule has 1 fully saturated rings. The number of nitrogens with one attached hydrogen (secondary N) is 3. The molecule has 2 aromatic rings. The molecule has 19 nitrogen and oxygen atoms in total. The number of aliphatic carboxylic acids is 1. The molecule has 382 valence electrons. The number of carboxylic acid groups (broad SMARTS) is 1. The molecule has 0 saturated carbocycles. The van der Waals surface area contributed by atoms with Crippen LogP contribution in [0.4, 0.5) is 4.79 Å². The summed E-state index contributed by atoms with van der Waals surface area (Å²) in [6.07, 6.45) is -0.0988. The number of rotatable bonds is 25. The zero-order valence-electron chi connectivity index (χ0n) is 40.3. The molecule has 6 atom stereocenters. The minimum atomic E-state index is -1.26. The van der Waals surface area contributed by atoms with Crippen LogP contribution in [-0.2, 0) is 74.9 Å². The molecule has 0 aromatic heterocycles. The summed E-state index contributed by atoms with van der Waals surface area (Å²) in [6.45, 7) is 11.5. The first kappa shape index (κ1) is 56.3. The van der Waals surface area contributed by atoms with E-state index in [0.717, 1.165) is 11.1 Å². The Kier molecular flexibility index (Phi) is 23.7. The summed E-state index contributed by atoms with van der Waals surface area (Å²) in [4.78, 5) is 77.1.